The van der Waals surface area contributed by atoms with Crippen LogP contribution in [0, 0.1) is 0 Å². The van der Waals surface area contributed by atoms with E-state index in [1.165, 1.54) is 16.2 Å². The number of carbonyl (C=O) groups excluding carboxylic acids is 1. The first-order valence-corrected chi connectivity index (χ1v) is 10.8. The predicted molar refractivity (Wildman–Crippen MR) is 106 cm³/mol. The first kappa shape index (κ1) is 23.7. The van der Waals surface area contributed by atoms with Crippen molar-refractivity contribution >= 4 is 60.3 Å². The predicted octanol–water partition coefficient (Wildman–Crippen LogP) is -0.248. The first-order chi connectivity index (χ1) is 13.2. The maximum atomic E-state index is 11.9. The Morgan fingerprint density at radius 3 is 2.07 bits per heavy atom. The molecule has 0 spiro atoms. The van der Waals surface area contributed by atoms with Gasteiger partial charge in [-0.1, -0.05) is 0 Å². The summed E-state index contributed by atoms with van der Waals surface area (Å²) in [6.07, 6.45) is -0.751. The second kappa shape index (κ2) is 12.2. The molecule has 0 aliphatic heterocycles. The second-order valence-corrected chi connectivity index (χ2v) is 7.90. The van der Waals surface area contributed by atoms with Crippen molar-refractivity contribution in [2.75, 3.05) is 5.75 Å². The van der Waals surface area contributed by atoms with E-state index in [1.807, 2.05) is 24.3 Å². The summed E-state index contributed by atoms with van der Waals surface area (Å²) < 4.78 is 1.17. The van der Waals surface area contributed by atoms with E-state index in [9.17, 15) is 24.3 Å². The van der Waals surface area contributed by atoms with Crippen LogP contribution in [0.1, 0.15) is 18.4 Å². The standard InChI is InChI=1S/C16H19N2O7S.CH2.Al/c19-13(20)7-6-11(14(21)22)17-16(25)18-12(15(23)24)9-26-8-10-4-2-1-3-5-10;;/h2-5,11-12H,6-9H2,(H,19,20)(H,21,22)(H,23,24)(H2,17,18,25);1H2;/t11-,12-;;/m0../s1. The van der Waals surface area contributed by atoms with E-state index >= 15 is 0 Å². The molecule has 0 aliphatic carbocycles. The van der Waals surface area contributed by atoms with Crippen LogP contribution in [0.2, 0.25) is 0 Å². The van der Waals surface area contributed by atoms with Crippen molar-refractivity contribution in [1.82, 2.24) is 10.6 Å². The van der Waals surface area contributed by atoms with Crippen molar-refractivity contribution in [1.29, 1.82) is 0 Å². The van der Waals surface area contributed by atoms with Gasteiger partial charge in [0.15, 0.2) is 0 Å². The van der Waals surface area contributed by atoms with E-state index in [0.717, 1.165) is 5.56 Å². The van der Waals surface area contributed by atoms with Crippen LogP contribution in [0.5, 0.6) is 0 Å². The minimum absolute atomic E-state index is 0.00953. The summed E-state index contributed by atoms with van der Waals surface area (Å²) in [5.74, 6) is -3.21. The molecule has 2 atom stereocenters. The number of rotatable bonds is 12. The van der Waals surface area contributed by atoms with Crippen LogP contribution >= 0.6 is 11.8 Å². The van der Waals surface area contributed by atoms with E-state index in [0.29, 0.717) is 5.75 Å². The fraction of sp³-hybridized carbons (Fsp3) is 0.353. The van der Waals surface area contributed by atoms with Crippen LogP contribution in [-0.4, -0.2) is 77.3 Å². The number of carboxylic acid groups (broad SMARTS) is 3. The topological polar surface area (TPSA) is 153 Å². The molecule has 0 heterocycles. The summed E-state index contributed by atoms with van der Waals surface area (Å²) in [6.45, 7) is 0. The van der Waals surface area contributed by atoms with Gasteiger partial charge in [0.05, 0.1) is 0 Å². The summed E-state index contributed by atoms with van der Waals surface area (Å²) in [4.78, 5) is 44.9. The molecule has 28 heavy (non-hydrogen) atoms. The van der Waals surface area contributed by atoms with E-state index in [-0.39, 0.29) is 27.0 Å². The summed E-state index contributed by atoms with van der Waals surface area (Å²) >= 11 is 1.30. The van der Waals surface area contributed by atoms with Gasteiger partial charge in [0.1, 0.15) is 0 Å². The Hall–Kier alpha value is -2.35. The summed E-state index contributed by atoms with van der Waals surface area (Å²) in [5, 5.41) is 35.1. The quantitative estimate of drug-likeness (QED) is 0.288. The summed E-state index contributed by atoms with van der Waals surface area (Å²) in [5.41, 5.74) is 1.01. The van der Waals surface area contributed by atoms with Gasteiger partial charge < -0.3 is 10.2 Å². The maximum absolute atomic E-state index is 11.9. The number of nitrogens with one attached hydrogen (secondary N) is 2. The average Bonchev–Trinajstić information content (AvgIpc) is 2.64. The minimum atomic E-state index is -1.42. The van der Waals surface area contributed by atoms with Gasteiger partial charge in [0.2, 0.25) is 0 Å². The zero-order valence-corrected chi connectivity index (χ0v) is 16.9. The van der Waals surface area contributed by atoms with Crippen LogP contribution in [-0.2, 0) is 20.1 Å². The number of hydrogen-bond donors (Lipinski definition) is 5. The third-order valence-corrected chi connectivity index (χ3v) is 5.59. The van der Waals surface area contributed by atoms with Crippen LogP contribution in [0.15, 0.2) is 24.3 Å². The summed E-state index contributed by atoms with van der Waals surface area (Å²) in [6, 6.07) is 4.21. The molecular formula is C17H21AlN2O7S. The Kier molecular flexibility index (Phi) is 10.3. The van der Waals surface area contributed by atoms with Crippen LogP contribution in [0.4, 0.5) is 4.79 Å². The van der Waals surface area contributed by atoms with Crippen LogP contribution in [0.25, 0.3) is 0 Å². The monoisotopic (exact) mass is 424 g/mol. The van der Waals surface area contributed by atoms with Crippen molar-refractivity contribution in [2.24, 2.45) is 0 Å². The van der Waals surface area contributed by atoms with Gasteiger partial charge in [0, 0.05) is 6.42 Å². The number of hydrogen-bond acceptors (Lipinski definition) is 5. The number of carbonyl (C=O) groups is 4. The third kappa shape index (κ3) is 9.03. The van der Waals surface area contributed by atoms with E-state index in [2.05, 4.69) is 16.0 Å². The normalized spacial score (nSPS) is 12.3. The molecule has 0 unspecified atom stereocenters. The van der Waals surface area contributed by atoms with Gasteiger partial charge >= 0.3 is 139 Å². The zero-order chi connectivity index (χ0) is 21.1. The average molecular weight is 424 g/mol. The van der Waals surface area contributed by atoms with Gasteiger partial charge in [-0.2, -0.15) is 0 Å². The van der Waals surface area contributed by atoms with E-state index in [1.54, 1.807) is 0 Å². The van der Waals surface area contributed by atoms with Crippen LogP contribution < -0.4 is 15.1 Å². The number of urea groups is 1. The Morgan fingerprint density at radius 2 is 1.57 bits per heavy atom. The number of aliphatic carboxylic acids is 3. The van der Waals surface area contributed by atoms with Gasteiger partial charge in [-0.3, -0.25) is 4.79 Å². The molecule has 5 N–H and O–H groups in total. The molecule has 1 aromatic rings. The van der Waals surface area contributed by atoms with Crippen molar-refractivity contribution in [3.63, 3.8) is 0 Å². The molecule has 0 radical (unpaired) electrons. The number of thioether (sulfide) groups is 1. The van der Waals surface area contributed by atoms with Gasteiger partial charge in [-0.05, 0) is 6.42 Å². The molecule has 1 rings (SSSR count). The molecule has 11 heteroatoms. The van der Waals surface area contributed by atoms with Gasteiger partial charge in [-0.25, -0.2) is 4.79 Å². The second-order valence-electron chi connectivity index (χ2n) is 5.79. The molecular weight excluding hydrogens is 403 g/mol. The molecule has 0 saturated heterocycles. The van der Waals surface area contributed by atoms with Gasteiger partial charge in [-0.15, -0.1) is 0 Å². The molecule has 1 aromatic carbocycles. The van der Waals surface area contributed by atoms with Gasteiger partial charge in [0.25, 0.3) is 0 Å². The molecule has 0 bridgehead atoms. The summed E-state index contributed by atoms with van der Waals surface area (Å²) in [7, 11) is 0. The molecule has 0 aromatic heterocycles. The molecule has 0 saturated carbocycles. The number of carboxylic acids is 3. The van der Waals surface area contributed by atoms with Crippen LogP contribution in [0.3, 0.4) is 0 Å². The number of amides is 2. The van der Waals surface area contributed by atoms with Crippen molar-refractivity contribution in [2.45, 2.75) is 30.7 Å². The Balaban J connectivity index is 2.54. The molecule has 2 amide bonds. The zero-order valence-electron chi connectivity index (χ0n) is 15.0. The number of benzene rings is 1. The first-order valence-electron chi connectivity index (χ1n) is 8.26. The molecule has 0 aliphatic rings. The fourth-order valence-corrected chi connectivity index (χ4v) is 3.57. The van der Waals surface area contributed by atoms with Crippen molar-refractivity contribution in [3.05, 3.63) is 29.8 Å². The Bertz CT molecular complexity index is 727. The molecule has 0 fully saturated rings. The molecule has 150 valence electrons. The van der Waals surface area contributed by atoms with E-state index in [4.69, 9.17) is 10.2 Å². The molecule has 9 nitrogen and oxygen atoms in total. The van der Waals surface area contributed by atoms with Crippen molar-refractivity contribution in [3.8, 4) is 0 Å². The van der Waals surface area contributed by atoms with E-state index < -0.39 is 42.4 Å². The van der Waals surface area contributed by atoms with Crippen molar-refractivity contribution < 1.29 is 34.5 Å². The Labute approximate surface area is 171 Å². The fourth-order valence-electron chi connectivity index (χ4n) is 2.10. The SMILES string of the molecule is [CH2]=[Al][c]1ccc(CSC[C@H](NC(=O)N[C@@H](CCC(=O)O)C(=O)O)C(=O)O)cc1. The third-order valence-electron chi connectivity index (χ3n) is 3.62. The Morgan fingerprint density at radius 1 is 1.00 bits per heavy atom.